The zero-order chi connectivity index (χ0) is 10.7. The average Bonchev–Trinajstić information content (AvgIpc) is 1.83. The maximum atomic E-state index is 11.2. The number of hydrogen-bond acceptors (Lipinski definition) is 3. The van der Waals surface area contributed by atoms with Gasteiger partial charge in [-0.25, -0.2) is 13.8 Å². The Morgan fingerprint density at radius 3 is 1.77 bits per heavy atom. The smallest absolute Gasteiger partial charge is 0.312 e. The molecule has 7 nitrogen and oxygen atoms in total. The van der Waals surface area contributed by atoms with E-state index in [4.69, 9.17) is 14.7 Å². The van der Waals surface area contributed by atoms with Gasteiger partial charge in [-0.1, -0.05) is 13.8 Å². The third-order valence-electron chi connectivity index (χ3n) is 1.30. The first kappa shape index (κ1) is 13.3. The molecule has 80 valence electrons. The molecule has 0 fully saturated rings. The molecule has 0 heterocycles. The summed E-state index contributed by atoms with van der Waals surface area (Å²) in [5.74, 6) is 0. The van der Waals surface area contributed by atoms with Crippen molar-refractivity contribution < 1.29 is 28.1 Å². The predicted molar refractivity (Wildman–Crippen MR) is 45.9 cm³/mol. The van der Waals surface area contributed by atoms with Crippen LogP contribution in [0.2, 0.25) is 0 Å². The van der Waals surface area contributed by atoms with Crippen molar-refractivity contribution in [1.82, 2.24) is 4.67 Å². The van der Waals surface area contributed by atoms with Crippen LogP contribution >= 0.6 is 15.6 Å². The van der Waals surface area contributed by atoms with Gasteiger partial charge in [-0.3, -0.25) is 0 Å². The van der Waals surface area contributed by atoms with Gasteiger partial charge in [0, 0.05) is 13.1 Å². The van der Waals surface area contributed by atoms with Crippen LogP contribution in [0.5, 0.6) is 0 Å². The molecule has 3 N–H and O–H groups in total. The molecular weight excluding hydrogens is 220 g/mol. The highest BCUT2D eigenvalue weighted by atomic mass is 31.3. The highest BCUT2D eigenvalue weighted by Crippen LogP contribution is 2.58. The Morgan fingerprint density at radius 2 is 1.54 bits per heavy atom. The Kier molecular flexibility index (Phi) is 4.76. The molecule has 0 saturated heterocycles. The van der Waals surface area contributed by atoms with Gasteiger partial charge in [0.25, 0.3) is 0 Å². The van der Waals surface area contributed by atoms with Crippen molar-refractivity contribution in [3.8, 4) is 0 Å². The molecule has 0 bridgehead atoms. The molecule has 13 heavy (non-hydrogen) atoms. The van der Waals surface area contributed by atoms with E-state index < -0.39 is 15.6 Å². The van der Waals surface area contributed by atoms with Crippen molar-refractivity contribution in [2.75, 3.05) is 13.1 Å². The van der Waals surface area contributed by atoms with Crippen molar-refractivity contribution in [1.29, 1.82) is 0 Å². The van der Waals surface area contributed by atoms with Crippen LogP contribution in [0.25, 0.3) is 0 Å². The summed E-state index contributed by atoms with van der Waals surface area (Å²) in [6.07, 6.45) is 0. The minimum Gasteiger partial charge on any atom is -0.312 e. The summed E-state index contributed by atoms with van der Waals surface area (Å²) < 4.78 is 26.2. The van der Waals surface area contributed by atoms with E-state index >= 15 is 0 Å². The molecule has 0 aliphatic carbocycles. The lowest BCUT2D eigenvalue weighted by molar-refractivity contribution is 0.230. The van der Waals surface area contributed by atoms with Crippen LogP contribution in [0.1, 0.15) is 13.8 Å². The fraction of sp³-hybridized carbons (Fsp3) is 1.00. The van der Waals surface area contributed by atoms with Gasteiger partial charge in [0.05, 0.1) is 0 Å². The number of nitrogens with zero attached hydrogens (tertiary/aromatic N) is 1. The van der Waals surface area contributed by atoms with Gasteiger partial charge in [-0.2, -0.15) is 4.31 Å². The molecule has 0 rings (SSSR count). The molecular formula is C4H13NO6P2. The van der Waals surface area contributed by atoms with E-state index in [1.807, 2.05) is 0 Å². The minimum atomic E-state index is -4.92. The maximum Gasteiger partial charge on any atom is 0.477 e. The van der Waals surface area contributed by atoms with Crippen molar-refractivity contribution >= 4 is 15.6 Å². The van der Waals surface area contributed by atoms with Crippen LogP contribution in [-0.2, 0) is 13.4 Å². The quantitative estimate of drug-likeness (QED) is 0.594. The SMILES string of the molecule is CCN(CC)P(=O)(O)OP(=O)(O)O. The summed E-state index contributed by atoms with van der Waals surface area (Å²) in [6, 6.07) is 0. The molecule has 0 aromatic carbocycles. The topological polar surface area (TPSA) is 107 Å². The second kappa shape index (κ2) is 4.66. The lowest BCUT2D eigenvalue weighted by Gasteiger charge is -2.23. The highest BCUT2D eigenvalue weighted by Gasteiger charge is 2.35. The molecule has 0 saturated carbocycles. The summed E-state index contributed by atoms with van der Waals surface area (Å²) in [5, 5.41) is 0. The molecule has 9 heteroatoms. The zero-order valence-electron chi connectivity index (χ0n) is 7.32. The van der Waals surface area contributed by atoms with Crippen molar-refractivity contribution in [3.05, 3.63) is 0 Å². The first-order valence-corrected chi connectivity index (χ1v) is 6.64. The molecule has 1 atom stereocenters. The highest BCUT2D eigenvalue weighted by molar-refractivity contribution is 7.62. The Balaban J connectivity index is 4.56. The molecule has 0 spiro atoms. The van der Waals surface area contributed by atoms with E-state index in [-0.39, 0.29) is 13.1 Å². The van der Waals surface area contributed by atoms with Gasteiger partial charge >= 0.3 is 15.6 Å². The second-order valence-corrected chi connectivity index (χ2v) is 5.38. The average molecular weight is 233 g/mol. The van der Waals surface area contributed by atoms with Gasteiger partial charge in [0.2, 0.25) is 0 Å². The van der Waals surface area contributed by atoms with Gasteiger partial charge in [-0.15, -0.1) is 0 Å². The Hall–Kier alpha value is 0.260. The van der Waals surface area contributed by atoms with E-state index in [1.54, 1.807) is 13.8 Å². The van der Waals surface area contributed by atoms with Crippen LogP contribution in [0, 0.1) is 0 Å². The number of rotatable bonds is 5. The van der Waals surface area contributed by atoms with Gasteiger partial charge in [0.1, 0.15) is 0 Å². The first-order chi connectivity index (χ1) is 5.73. The Bertz CT molecular complexity index is 245. The number of hydrogen-bond donors (Lipinski definition) is 3. The van der Waals surface area contributed by atoms with Gasteiger partial charge in [0.15, 0.2) is 0 Å². The molecule has 1 unspecified atom stereocenters. The second-order valence-electron chi connectivity index (χ2n) is 2.20. The fourth-order valence-corrected chi connectivity index (χ4v) is 3.01. The third-order valence-corrected chi connectivity index (χ3v) is 4.28. The van der Waals surface area contributed by atoms with Crippen molar-refractivity contribution in [2.24, 2.45) is 0 Å². The fourth-order valence-electron chi connectivity index (χ4n) is 0.771. The molecule has 0 radical (unpaired) electrons. The van der Waals surface area contributed by atoms with E-state index in [2.05, 4.69) is 4.31 Å². The first-order valence-electron chi connectivity index (χ1n) is 3.58. The van der Waals surface area contributed by atoms with E-state index in [9.17, 15) is 9.13 Å². The summed E-state index contributed by atoms with van der Waals surface area (Å²) in [7, 11) is -9.28. The van der Waals surface area contributed by atoms with Gasteiger partial charge < -0.3 is 14.7 Å². The molecule has 0 aliphatic rings. The lowest BCUT2D eigenvalue weighted by atomic mass is 10.7. The van der Waals surface area contributed by atoms with Crippen molar-refractivity contribution in [2.45, 2.75) is 13.8 Å². The largest absolute Gasteiger partial charge is 0.477 e. The standard InChI is InChI=1S/C4H13NO6P2/c1-3-5(4-2)12(6,7)11-13(8,9)10/h3-4H2,1-2H3,(H,6,7)(H2,8,9,10). The third kappa shape index (κ3) is 4.88. The summed E-state index contributed by atoms with van der Waals surface area (Å²) in [4.78, 5) is 25.7. The van der Waals surface area contributed by atoms with E-state index in [0.29, 0.717) is 0 Å². The van der Waals surface area contributed by atoms with Crippen LogP contribution in [0.3, 0.4) is 0 Å². The lowest BCUT2D eigenvalue weighted by Crippen LogP contribution is -2.20. The summed E-state index contributed by atoms with van der Waals surface area (Å²) in [5.41, 5.74) is 0. The number of phosphoric acid groups is 1. The predicted octanol–water partition coefficient (Wildman–Crippen LogP) is 0.538. The van der Waals surface area contributed by atoms with Crippen LogP contribution in [-0.4, -0.2) is 32.4 Å². The Morgan fingerprint density at radius 1 is 1.15 bits per heavy atom. The van der Waals surface area contributed by atoms with Crippen LogP contribution in [0.15, 0.2) is 0 Å². The minimum absolute atomic E-state index is 0.171. The van der Waals surface area contributed by atoms with Crippen molar-refractivity contribution in [3.63, 3.8) is 0 Å². The van der Waals surface area contributed by atoms with E-state index in [0.717, 1.165) is 4.67 Å². The maximum absolute atomic E-state index is 11.2. The Labute approximate surface area is 76.2 Å². The van der Waals surface area contributed by atoms with Crippen LogP contribution in [0.4, 0.5) is 0 Å². The van der Waals surface area contributed by atoms with Crippen LogP contribution < -0.4 is 0 Å². The molecule has 0 aromatic rings. The normalized spacial score (nSPS) is 17.4. The molecule has 0 aromatic heterocycles. The zero-order valence-corrected chi connectivity index (χ0v) is 9.11. The van der Waals surface area contributed by atoms with Gasteiger partial charge in [-0.05, 0) is 0 Å². The molecule has 0 amide bonds. The summed E-state index contributed by atoms with van der Waals surface area (Å²) in [6.45, 7) is 3.50. The monoisotopic (exact) mass is 233 g/mol. The molecule has 0 aliphatic heterocycles. The van der Waals surface area contributed by atoms with E-state index in [1.165, 1.54) is 0 Å². The summed E-state index contributed by atoms with van der Waals surface area (Å²) >= 11 is 0.